The molecule has 4 aromatic rings. The van der Waals surface area contributed by atoms with Crippen molar-refractivity contribution in [3.8, 4) is 34.5 Å². The van der Waals surface area contributed by atoms with Gasteiger partial charge in [-0.1, -0.05) is 78.1 Å². The number of phenolic OH excluding ortho intramolecular Hbond substituents is 2. The fraction of sp³-hybridized carbons (Fsp3) is 0.422. The predicted molar refractivity (Wildman–Crippen MR) is 217 cm³/mol. The average Bonchev–Trinajstić information content (AvgIpc) is 3.17. The lowest BCUT2D eigenvalue weighted by Gasteiger charge is -2.09. The summed E-state index contributed by atoms with van der Waals surface area (Å²) in [5.41, 5.74) is 2.78. The summed E-state index contributed by atoms with van der Waals surface area (Å²) in [6.45, 7) is 6.78. The Kier molecular flexibility index (Phi) is 18.7. The first kappa shape index (κ1) is 40.8. The highest BCUT2D eigenvalue weighted by Gasteiger charge is 2.05. The third-order valence-electron chi connectivity index (χ3n) is 8.74. The molecule has 0 radical (unpaired) electrons. The number of ether oxygens (including phenoxy) is 4. The Labute approximate surface area is 316 Å². The zero-order chi connectivity index (χ0) is 37.4. The number of hydrogen-bond donors (Lipinski definition) is 2. The third-order valence-corrected chi connectivity index (χ3v) is 8.74. The lowest BCUT2D eigenvalue weighted by molar-refractivity contribution is 0.247. The fourth-order valence-corrected chi connectivity index (χ4v) is 5.57. The van der Waals surface area contributed by atoms with E-state index in [1.807, 2.05) is 72.8 Å². The molecule has 2 N–H and O–H groups in total. The van der Waals surface area contributed by atoms with Gasteiger partial charge in [0.05, 0.1) is 37.8 Å². The maximum absolute atomic E-state index is 10.4. The van der Waals surface area contributed by atoms with Gasteiger partial charge in [-0.3, -0.25) is 9.98 Å². The zero-order valence-corrected chi connectivity index (χ0v) is 31.7. The molecule has 0 fully saturated rings. The van der Waals surface area contributed by atoms with Crippen LogP contribution in [0.5, 0.6) is 34.5 Å². The molecule has 0 unspecified atom stereocenters. The molecule has 0 aliphatic rings. The van der Waals surface area contributed by atoms with E-state index in [9.17, 15) is 10.2 Å². The minimum absolute atomic E-state index is 0.142. The summed E-state index contributed by atoms with van der Waals surface area (Å²) >= 11 is 0. The van der Waals surface area contributed by atoms with Crippen molar-refractivity contribution in [1.82, 2.24) is 0 Å². The topological polar surface area (TPSA) is 102 Å². The number of rotatable bonds is 26. The molecule has 0 atom stereocenters. The van der Waals surface area contributed by atoms with Crippen LogP contribution in [0, 0.1) is 0 Å². The second-order valence-electron chi connectivity index (χ2n) is 13.2. The van der Waals surface area contributed by atoms with Gasteiger partial charge in [0, 0.05) is 42.1 Å². The summed E-state index contributed by atoms with van der Waals surface area (Å²) in [5.74, 6) is 3.13. The van der Waals surface area contributed by atoms with Crippen LogP contribution in [0.1, 0.15) is 108 Å². The first-order chi connectivity index (χ1) is 26.0. The minimum atomic E-state index is 0.142. The molecule has 0 heterocycles. The van der Waals surface area contributed by atoms with Gasteiger partial charge in [0.15, 0.2) is 0 Å². The van der Waals surface area contributed by atoms with Crippen molar-refractivity contribution in [2.45, 2.75) is 97.3 Å². The van der Waals surface area contributed by atoms with Crippen molar-refractivity contribution in [3.63, 3.8) is 0 Å². The number of aromatic hydroxyl groups is 2. The van der Waals surface area contributed by atoms with Gasteiger partial charge in [-0.25, -0.2) is 0 Å². The van der Waals surface area contributed by atoms with E-state index in [0.717, 1.165) is 42.1 Å². The van der Waals surface area contributed by atoms with Crippen molar-refractivity contribution in [2.24, 2.45) is 9.98 Å². The van der Waals surface area contributed by atoms with Crippen LogP contribution in [0.3, 0.4) is 0 Å². The summed E-state index contributed by atoms with van der Waals surface area (Å²) in [6.07, 6.45) is 18.6. The SMILES string of the molecule is CCCCCCCCOc1ccc(C=Nc2ccc(OCCCOc3ccc(N=Cc4ccc(OCCCCCCCC)cc4O)cc3)cc2)c(O)c1. The number of benzene rings is 4. The van der Waals surface area contributed by atoms with Crippen LogP contribution < -0.4 is 18.9 Å². The second-order valence-corrected chi connectivity index (χ2v) is 13.2. The predicted octanol–water partition coefficient (Wildman–Crippen LogP) is 11.9. The lowest BCUT2D eigenvalue weighted by Crippen LogP contribution is -2.04. The van der Waals surface area contributed by atoms with Crippen LogP contribution in [0.2, 0.25) is 0 Å². The Morgan fingerprint density at radius 2 is 0.755 bits per heavy atom. The lowest BCUT2D eigenvalue weighted by atomic mass is 10.1. The summed E-state index contributed by atoms with van der Waals surface area (Å²) < 4.78 is 23.4. The standard InChI is InChI=1S/C45H58N2O6/c1-3-5-7-9-11-13-28-52-42-22-16-36(44(48)32-42)34-46-38-18-24-40(25-19-38)50-30-15-31-51-41-26-20-39(21-27-41)47-35-37-17-23-43(33-45(37)49)53-29-14-12-10-8-6-4-2/h16-27,32-35,48-49H,3-15,28-31H2,1-2H3. The van der Waals surface area contributed by atoms with Gasteiger partial charge in [0.2, 0.25) is 0 Å². The molecule has 4 aromatic carbocycles. The second kappa shape index (κ2) is 24.3. The van der Waals surface area contributed by atoms with Crippen LogP contribution >= 0.6 is 0 Å². The highest BCUT2D eigenvalue weighted by Crippen LogP contribution is 2.26. The van der Waals surface area contributed by atoms with Gasteiger partial charge >= 0.3 is 0 Å². The normalized spacial score (nSPS) is 11.4. The Bertz CT molecular complexity index is 1530. The molecule has 0 saturated heterocycles. The Balaban J connectivity index is 1.10. The van der Waals surface area contributed by atoms with Gasteiger partial charge in [-0.2, -0.15) is 0 Å². The van der Waals surface area contributed by atoms with Crippen LogP contribution in [0.15, 0.2) is 94.9 Å². The summed E-state index contributed by atoms with van der Waals surface area (Å²) in [4.78, 5) is 8.99. The first-order valence-electron chi connectivity index (χ1n) is 19.5. The van der Waals surface area contributed by atoms with Crippen molar-refractivity contribution in [1.29, 1.82) is 0 Å². The number of phenols is 2. The monoisotopic (exact) mass is 722 g/mol. The molecular formula is C45H58N2O6. The van der Waals surface area contributed by atoms with Crippen LogP contribution in [-0.4, -0.2) is 49.1 Å². The van der Waals surface area contributed by atoms with E-state index in [1.54, 1.807) is 24.6 Å². The maximum Gasteiger partial charge on any atom is 0.128 e. The molecule has 0 spiro atoms. The maximum atomic E-state index is 10.4. The first-order valence-corrected chi connectivity index (χ1v) is 19.5. The summed E-state index contributed by atoms with van der Waals surface area (Å²) in [7, 11) is 0. The minimum Gasteiger partial charge on any atom is -0.507 e. The van der Waals surface area contributed by atoms with Crippen LogP contribution in [0.25, 0.3) is 0 Å². The number of nitrogens with zero attached hydrogens (tertiary/aromatic N) is 2. The smallest absolute Gasteiger partial charge is 0.128 e. The van der Waals surface area contributed by atoms with E-state index in [1.165, 1.54) is 64.2 Å². The molecule has 4 rings (SSSR count). The molecule has 0 bridgehead atoms. The van der Waals surface area contributed by atoms with Crippen LogP contribution in [-0.2, 0) is 0 Å². The molecule has 0 amide bonds. The molecule has 0 saturated carbocycles. The van der Waals surface area contributed by atoms with E-state index >= 15 is 0 Å². The highest BCUT2D eigenvalue weighted by atomic mass is 16.5. The van der Waals surface area contributed by atoms with Crippen molar-refractivity contribution in [3.05, 3.63) is 96.1 Å². The molecule has 0 aromatic heterocycles. The quantitative estimate of drug-likeness (QED) is 0.0494. The number of aliphatic imine (C=N–C) groups is 2. The largest absolute Gasteiger partial charge is 0.507 e. The molecular weight excluding hydrogens is 665 g/mol. The summed E-state index contributed by atoms with van der Waals surface area (Å²) in [6, 6.07) is 25.7. The van der Waals surface area contributed by atoms with E-state index in [-0.39, 0.29) is 11.5 Å². The van der Waals surface area contributed by atoms with Gasteiger partial charge in [0.1, 0.15) is 34.5 Å². The molecule has 284 valence electrons. The zero-order valence-electron chi connectivity index (χ0n) is 31.7. The molecule has 8 nitrogen and oxygen atoms in total. The molecule has 8 heteroatoms. The van der Waals surface area contributed by atoms with E-state index in [4.69, 9.17) is 18.9 Å². The van der Waals surface area contributed by atoms with Crippen molar-refractivity contribution < 1.29 is 29.2 Å². The van der Waals surface area contributed by atoms with Gasteiger partial charge in [-0.05, 0) is 85.6 Å². The average molecular weight is 723 g/mol. The van der Waals surface area contributed by atoms with E-state index in [0.29, 0.717) is 49.1 Å². The Morgan fingerprint density at radius 1 is 0.415 bits per heavy atom. The molecule has 53 heavy (non-hydrogen) atoms. The third kappa shape index (κ3) is 16.1. The van der Waals surface area contributed by atoms with E-state index in [2.05, 4.69) is 23.8 Å². The van der Waals surface area contributed by atoms with Gasteiger partial charge < -0.3 is 29.2 Å². The van der Waals surface area contributed by atoms with E-state index < -0.39 is 0 Å². The fourth-order valence-electron chi connectivity index (χ4n) is 5.57. The van der Waals surface area contributed by atoms with Crippen molar-refractivity contribution in [2.75, 3.05) is 26.4 Å². The highest BCUT2D eigenvalue weighted by molar-refractivity contribution is 5.86. The number of hydrogen-bond acceptors (Lipinski definition) is 8. The van der Waals surface area contributed by atoms with Gasteiger partial charge in [0.25, 0.3) is 0 Å². The Morgan fingerprint density at radius 3 is 1.15 bits per heavy atom. The van der Waals surface area contributed by atoms with Crippen LogP contribution in [0.4, 0.5) is 11.4 Å². The Hall–Kier alpha value is -4.98. The summed E-state index contributed by atoms with van der Waals surface area (Å²) in [5, 5.41) is 20.9. The molecule has 0 aliphatic heterocycles. The van der Waals surface area contributed by atoms with Crippen molar-refractivity contribution >= 4 is 23.8 Å². The van der Waals surface area contributed by atoms with Gasteiger partial charge in [-0.15, -0.1) is 0 Å². The molecule has 0 aliphatic carbocycles. The number of unbranched alkanes of at least 4 members (excludes halogenated alkanes) is 10.